The zero-order valence-corrected chi connectivity index (χ0v) is 18.1. The molecule has 4 aromatic rings. The van der Waals surface area contributed by atoms with Crippen LogP contribution in [0.2, 0.25) is 0 Å². The summed E-state index contributed by atoms with van der Waals surface area (Å²) in [5.41, 5.74) is 2.29. The third-order valence-electron chi connectivity index (χ3n) is 5.32. The van der Waals surface area contributed by atoms with Crippen molar-refractivity contribution in [2.45, 2.75) is 42.8 Å². The number of rotatable bonds is 9. The zero-order valence-electron chi connectivity index (χ0n) is 17.3. The van der Waals surface area contributed by atoms with Gasteiger partial charge in [-0.05, 0) is 59.5 Å². The predicted octanol–water partition coefficient (Wildman–Crippen LogP) is 3.81. The summed E-state index contributed by atoms with van der Waals surface area (Å²) in [7, 11) is 1.67. The van der Waals surface area contributed by atoms with Crippen LogP contribution in [0.3, 0.4) is 0 Å². The second kappa shape index (κ2) is 8.89. The van der Waals surface area contributed by atoms with Gasteiger partial charge in [-0.2, -0.15) is 0 Å². The maximum Gasteiger partial charge on any atom is 0.191 e. The van der Waals surface area contributed by atoms with Gasteiger partial charge in [-0.1, -0.05) is 42.1 Å². The number of methoxy groups -OCH3 is 1. The molecule has 5 rings (SSSR count). The number of aryl methyl sites for hydroxylation is 1. The molecule has 158 valence electrons. The van der Waals surface area contributed by atoms with Crippen molar-refractivity contribution in [2.24, 2.45) is 0 Å². The number of aromatic nitrogens is 7. The molecular formula is C22H23N7OS. The van der Waals surface area contributed by atoms with E-state index in [-0.39, 0.29) is 0 Å². The van der Waals surface area contributed by atoms with Crippen molar-refractivity contribution in [3.05, 3.63) is 66.0 Å². The lowest BCUT2D eigenvalue weighted by molar-refractivity contribution is 0.415. The number of ether oxygens (including phenoxy) is 1. The molecule has 2 aromatic heterocycles. The smallest absolute Gasteiger partial charge is 0.191 e. The molecule has 0 atom stereocenters. The normalized spacial score (nSPS) is 13.5. The van der Waals surface area contributed by atoms with E-state index >= 15 is 0 Å². The number of nitrogens with zero attached hydrogens (tertiary/aromatic N) is 7. The molecule has 0 radical (unpaired) electrons. The van der Waals surface area contributed by atoms with Gasteiger partial charge >= 0.3 is 0 Å². The Morgan fingerprint density at radius 3 is 2.55 bits per heavy atom. The van der Waals surface area contributed by atoms with Gasteiger partial charge in [-0.25, -0.2) is 4.68 Å². The highest BCUT2D eigenvalue weighted by atomic mass is 32.2. The average Bonchev–Trinajstić information content (AvgIpc) is 3.42. The highest BCUT2D eigenvalue weighted by molar-refractivity contribution is 7.98. The van der Waals surface area contributed by atoms with Crippen molar-refractivity contribution in [3.8, 4) is 17.1 Å². The summed E-state index contributed by atoms with van der Waals surface area (Å²) in [6.45, 7) is 0.786. The summed E-state index contributed by atoms with van der Waals surface area (Å²) in [6, 6.07) is 18.9. The molecule has 0 spiro atoms. The molecule has 0 amide bonds. The molecule has 0 N–H and O–H groups in total. The SMILES string of the molecule is COc1ccc(-c2nnc(SCc3nnnn3C3CC3)n2CCc2ccccc2)cc1. The Hall–Kier alpha value is -3.20. The van der Waals surface area contributed by atoms with E-state index < -0.39 is 0 Å². The van der Waals surface area contributed by atoms with Crippen LogP contribution < -0.4 is 4.74 Å². The number of tetrazole rings is 1. The Balaban J connectivity index is 1.40. The van der Waals surface area contributed by atoms with Crippen LogP contribution in [0.25, 0.3) is 11.4 Å². The first-order chi connectivity index (χ1) is 15.3. The van der Waals surface area contributed by atoms with Crippen molar-refractivity contribution in [3.63, 3.8) is 0 Å². The van der Waals surface area contributed by atoms with Crippen molar-refractivity contribution in [1.82, 2.24) is 35.0 Å². The topological polar surface area (TPSA) is 83.5 Å². The molecule has 2 aromatic carbocycles. The van der Waals surface area contributed by atoms with E-state index in [9.17, 15) is 0 Å². The minimum atomic E-state index is 0.455. The maximum atomic E-state index is 5.29. The summed E-state index contributed by atoms with van der Waals surface area (Å²) < 4.78 is 9.42. The first-order valence-electron chi connectivity index (χ1n) is 10.3. The fourth-order valence-corrected chi connectivity index (χ4v) is 4.36. The molecule has 2 heterocycles. The summed E-state index contributed by atoms with van der Waals surface area (Å²) >= 11 is 1.62. The first-order valence-corrected chi connectivity index (χ1v) is 11.3. The van der Waals surface area contributed by atoms with Crippen LogP contribution in [-0.2, 0) is 18.7 Å². The highest BCUT2D eigenvalue weighted by Crippen LogP contribution is 2.35. The van der Waals surface area contributed by atoms with E-state index in [0.29, 0.717) is 11.8 Å². The second-order valence-corrected chi connectivity index (χ2v) is 8.42. The van der Waals surface area contributed by atoms with Gasteiger partial charge in [-0.15, -0.1) is 15.3 Å². The van der Waals surface area contributed by atoms with Gasteiger partial charge in [0.1, 0.15) is 5.75 Å². The molecule has 31 heavy (non-hydrogen) atoms. The van der Waals surface area contributed by atoms with Gasteiger partial charge in [0.05, 0.1) is 18.9 Å². The molecule has 1 saturated carbocycles. The largest absolute Gasteiger partial charge is 0.497 e. The van der Waals surface area contributed by atoms with E-state index in [1.165, 1.54) is 5.56 Å². The Morgan fingerprint density at radius 2 is 1.81 bits per heavy atom. The third-order valence-corrected chi connectivity index (χ3v) is 6.28. The lowest BCUT2D eigenvalue weighted by Gasteiger charge is -2.11. The third kappa shape index (κ3) is 4.46. The summed E-state index contributed by atoms with van der Waals surface area (Å²) in [5.74, 6) is 3.22. The highest BCUT2D eigenvalue weighted by Gasteiger charge is 2.28. The number of hydrogen-bond donors (Lipinski definition) is 0. The lowest BCUT2D eigenvalue weighted by Crippen LogP contribution is -2.06. The number of benzene rings is 2. The van der Waals surface area contributed by atoms with E-state index in [0.717, 1.165) is 53.9 Å². The van der Waals surface area contributed by atoms with Gasteiger partial charge in [-0.3, -0.25) is 0 Å². The van der Waals surface area contributed by atoms with E-state index in [1.807, 2.05) is 35.0 Å². The fraction of sp³-hybridized carbons (Fsp3) is 0.318. The molecule has 0 unspecified atom stereocenters. The molecule has 8 nitrogen and oxygen atoms in total. The Morgan fingerprint density at radius 1 is 1.00 bits per heavy atom. The van der Waals surface area contributed by atoms with Gasteiger partial charge < -0.3 is 9.30 Å². The van der Waals surface area contributed by atoms with E-state index in [4.69, 9.17) is 4.74 Å². The van der Waals surface area contributed by atoms with Gasteiger partial charge in [0.2, 0.25) is 0 Å². The molecule has 0 aliphatic heterocycles. The maximum absolute atomic E-state index is 5.29. The predicted molar refractivity (Wildman–Crippen MR) is 118 cm³/mol. The molecule has 0 saturated heterocycles. The standard InChI is InChI=1S/C22H23N7OS/c1-30-19-11-7-17(8-12-19)21-24-25-22(28(21)14-13-16-5-3-2-4-6-16)31-15-20-23-26-27-29(20)18-9-10-18/h2-8,11-12,18H,9-10,13-15H2,1H3. The van der Waals surface area contributed by atoms with Gasteiger partial charge in [0, 0.05) is 12.1 Å². The quantitative estimate of drug-likeness (QED) is 0.371. The molecule has 9 heteroatoms. The van der Waals surface area contributed by atoms with Crippen LogP contribution in [0, 0.1) is 0 Å². The Bertz CT molecular complexity index is 1140. The van der Waals surface area contributed by atoms with Crippen LogP contribution in [0.4, 0.5) is 0 Å². The first kappa shape index (κ1) is 19.7. The van der Waals surface area contributed by atoms with Crippen LogP contribution in [-0.4, -0.2) is 42.1 Å². The molecule has 1 aliphatic carbocycles. The van der Waals surface area contributed by atoms with E-state index in [2.05, 4.69) is 54.6 Å². The molecule has 0 bridgehead atoms. The summed E-state index contributed by atoms with van der Waals surface area (Å²) in [4.78, 5) is 0. The van der Waals surface area contributed by atoms with Crippen molar-refractivity contribution >= 4 is 11.8 Å². The van der Waals surface area contributed by atoms with Crippen LogP contribution >= 0.6 is 11.8 Å². The fourth-order valence-electron chi connectivity index (χ4n) is 3.48. The van der Waals surface area contributed by atoms with Crippen LogP contribution in [0.15, 0.2) is 59.8 Å². The molecular weight excluding hydrogens is 410 g/mol. The average molecular weight is 434 g/mol. The number of hydrogen-bond acceptors (Lipinski definition) is 7. The molecule has 1 aliphatic rings. The van der Waals surface area contributed by atoms with Crippen LogP contribution in [0.5, 0.6) is 5.75 Å². The minimum absolute atomic E-state index is 0.455. The second-order valence-electron chi connectivity index (χ2n) is 7.48. The summed E-state index contributed by atoms with van der Waals surface area (Å²) in [5, 5.41) is 22.1. The minimum Gasteiger partial charge on any atom is -0.497 e. The molecule has 1 fully saturated rings. The van der Waals surface area contributed by atoms with Crippen molar-refractivity contribution in [1.29, 1.82) is 0 Å². The lowest BCUT2D eigenvalue weighted by atomic mass is 10.1. The van der Waals surface area contributed by atoms with Gasteiger partial charge in [0.25, 0.3) is 0 Å². The number of thioether (sulfide) groups is 1. The Labute approximate surface area is 184 Å². The van der Waals surface area contributed by atoms with E-state index in [1.54, 1.807) is 18.9 Å². The van der Waals surface area contributed by atoms with Crippen LogP contribution in [0.1, 0.15) is 30.3 Å². The summed E-state index contributed by atoms with van der Waals surface area (Å²) in [6.07, 6.45) is 3.20. The monoisotopic (exact) mass is 433 g/mol. The van der Waals surface area contributed by atoms with Gasteiger partial charge in [0.15, 0.2) is 16.8 Å². The zero-order chi connectivity index (χ0) is 21.0. The van der Waals surface area contributed by atoms with Crippen molar-refractivity contribution < 1.29 is 4.74 Å². The Kier molecular flexibility index (Phi) is 5.66. The van der Waals surface area contributed by atoms with Crippen molar-refractivity contribution in [2.75, 3.05) is 7.11 Å².